The van der Waals surface area contributed by atoms with Crippen molar-refractivity contribution in [3.63, 3.8) is 0 Å². The Bertz CT molecular complexity index is 732. The fourth-order valence-corrected chi connectivity index (χ4v) is 3.02. The first kappa shape index (κ1) is 18.0. The van der Waals surface area contributed by atoms with Crippen LogP contribution in [0.2, 0.25) is 0 Å². The molecule has 3 rings (SSSR count). The monoisotopic (exact) mass is 353 g/mol. The first-order valence-corrected chi connectivity index (χ1v) is 8.87. The molecule has 0 bridgehead atoms. The molecule has 2 aromatic rings. The van der Waals surface area contributed by atoms with Crippen molar-refractivity contribution in [2.75, 3.05) is 6.54 Å². The van der Waals surface area contributed by atoms with Gasteiger partial charge in [0.2, 0.25) is 0 Å². The van der Waals surface area contributed by atoms with Gasteiger partial charge in [0.15, 0.2) is 0 Å². The fourth-order valence-electron chi connectivity index (χ4n) is 3.02. The van der Waals surface area contributed by atoms with E-state index < -0.39 is 0 Å². The van der Waals surface area contributed by atoms with E-state index in [9.17, 15) is 9.59 Å². The van der Waals surface area contributed by atoms with E-state index in [0.29, 0.717) is 12.1 Å². The van der Waals surface area contributed by atoms with Crippen molar-refractivity contribution in [1.29, 1.82) is 0 Å². The van der Waals surface area contributed by atoms with Crippen LogP contribution in [0.25, 0.3) is 0 Å². The van der Waals surface area contributed by atoms with E-state index in [2.05, 4.69) is 0 Å². The third kappa shape index (κ3) is 4.63. The van der Waals surface area contributed by atoms with Gasteiger partial charge in [-0.05, 0) is 37.5 Å². The summed E-state index contributed by atoms with van der Waals surface area (Å²) >= 11 is 0. The van der Waals surface area contributed by atoms with Crippen molar-refractivity contribution < 1.29 is 19.1 Å². The minimum Gasteiger partial charge on any atom is -0.457 e. The molecule has 5 heteroatoms. The van der Waals surface area contributed by atoms with Crippen LogP contribution in [-0.4, -0.2) is 35.7 Å². The number of esters is 1. The van der Waals surface area contributed by atoms with Crippen molar-refractivity contribution in [3.8, 4) is 0 Å². The van der Waals surface area contributed by atoms with Crippen molar-refractivity contribution in [1.82, 2.24) is 4.90 Å². The summed E-state index contributed by atoms with van der Waals surface area (Å²) in [5.41, 5.74) is 1.46. The lowest BCUT2D eigenvalue weighted by molar-refractivity contribution is -0.00659. The number of amides is 1. The summed E-state index contributed by atoms with van der Waals surface area (Å²) in [6, 6.07) is 18.5. The van der Waals surface area contributed by atoms with Gasteiger partial charge in [-0.2, -0.15) is 0 Å². The van der Waals surface area contributed by atoms with Gasteiger partial charge in [-0.1, -0.05) is 48.5 Å². The van der Waals surface area contributed by atoms with E-state index >= 15 is 0 Å². The molecule has 0 N–H and O–H groups in total. The summed E-state index contributed by atoms with van der Waals surface area (Å²) < 4.78 is 11.0. The quantitative estimate of drug-likeness (QED) is 0.779. The van der Waals surface area contributed by atoms with Crippen LogP contribution in [0.15, 0.2) is 60.7 Å². The van der Waals surface area contributed by atoms with Crippen LogP contribution in [0.5, 0.6) is 0 Å². The molecule has 1 fully saturated rings. The smallest absolute Gasteiger partial charge is 0.410 e. The highest BCUT2D eigenvalue weighted by Crippen LogP contribution is 2.21. The maximum absolute atomic E-state index is 12.4. The van der Waals surface area contributed by atoms with Gasteiger partial charge in [-0.3, -0.25) is 0 Å². The van der Waals surface area contributed by atoms with Gasteiger partial charge in [0, 0.05) is 6.04 Å². The highest BCUT2D eigenvalue weighted by molar-refractivity contribution is 5.89. The number of hydrogen-bond acceptors (Lipinski definition) is 4. The Hall–Kier alpha value is -2.82. The lowest BCUT2D eigenvalue weighted by atomic mass is 10.0. The van der Waals surface area contributed by atoms with E-state index in [1.807, 2.05) is 43.3 Å². The third-order valence-electron chi connectivity index (χ3n) is 4.56. The largest absolute Gasteiger partial charge is 0.457 e. The fraction of sp³-hybridized carbons (Fsp3) is 0.333. The Labute approximate surface area is 153 Å². The summed E-state index contributed by atoms with van der Waals surface area (Å²) in [6.45, 7) is 2.57. The number of likely N-dealkylation sites (tertiary alicyclic amines) is 1. The molecule has 0 unspecified atom stereocenters. The van der Waals surface area contributed by atoms with Crippen molar-refractivity contribution in [3.05, 3.63) is 71.8 Å². The van der Waals surface area contributed by atoms with Gasteiger partial charge < -0.3 is 14.4 Å². The average molecular weight is 353 g/mol. The maximum Gasteiger partial charge on any atom is 0.410 e. The lowest BCUT2D eigenvalue weighted by Gasteiger charge is -2.36. The number of rotatable bonds is 4. The number of hydrogen-bond donors (Lipinski definition) is 0. The van der Waals surface area contributed by atoms with Gasteiger partial charge in [0.05, 0.1) is 12.1 Å². The van der Waals surface area contributed by atoms with E-state index in [1.165, 1.54) is 0 Å². The summed E-state index contributed by atoms with van der Waals surface area (Å²) in [4.78, 5) is 26.3. The number of carbonyl (C=O) groups is 2. The molecule has 1 saturated heterocycles. The summed E-state index contributed by atoms with van der Waals surface area (Å²) in [7, 11) is 0. The number of nitrogens with zero attached hydrogens (tertiary/aromatic N) is 1. The molecular weight excluding hydrogens is 330 g/mol. The minimum absolute atomic E-state index is 0.0601. The van der Waals surface area contributed by atoms with Crippen LogP contribution in [0.3, 0.4) is 0 Å². The molecule has 2 atom stereocenters. The van der Waals surface area contributed by atoms with Crippen LogP contribution in [0.4, 0.5) is 4.79 Å². The van der Waals surface area contributed by atoms with Crippen molar-refractivity contribution in [2.45, 2.75) is 38.5 Å². The Morgan fingerprint density at radius 2 is 1.65 bits per heavy atom. The zero-order valence-electron chi connectivity index (χ0n) is 14.8. The second-order valence-corrected chi connectivity index (χ2v) is 6.51. The number of carbonyl (C=O) groups excluding carboxylic acids is 2. The molecule has 0 saturated carbocycles. The topological polar surface area (TPSA) is 55.8 Å². The molecule has 0 radical (unpaired) electrons. The molecule has 26 heavy (non-hydrogen) atoms. The standard InChI is InChI=1S/C21H23NO4/c1-16-12-13-19(26-20(23)18-10-6-3-7-11-18)14-22(16)21(24)25-15-17-8-4-2-5-9-17/h2-11,16,19H,12-15H2,1H3/t16-,19-/m0/s1. The molecule has 1 amide bonds. The van der Waals surface area contributed by atoms with Gasteiger partial charge in [0.25, 0.3) is 0 Å². The van der Waals surface area contributed by atoms with Crippen LogP contribution in [-0.2, 0) is 16.1 Å². The second-order valence-electron chi connectivity index (χ2n) is 6.51. The van der Waals surface area contributed by atoms with Crippen LogP contribution >= 0.6 is 0 Å². The highest BCUT2D eigenvalue weighted by atomic mass is 16.6. The summed E-state index contributed by atoms with van der Waals surface area (Å²) in [5.74, 6) is -0.359. The van der Waals surface area contributed by atoms with E-state index in [4.69, 9.17) is 9.47 Å². The van der Waals surface area contributed by atoms with Crippen molar-refractivity contribution >= 4 is 12.1 Å². The van der Waals surface area contributed by atoms with Crippen molar-refractivity contribution in [2.24, 2.45) is 0 Å². The number of benzene rings is 2. The molecule has 5 nitrogen and oxygen atoms in total. The number of piperidine rings is 1. The molecule has 2 aromatic carbocycles. The summed E-state index contributed by atoms with van der Waals surface area (Å²) in [6.07, 6.45) is 0.819. The van der Waals surface area contributed by atoms with E-state index in [1.54, 1.807) is 29.2 Å². The number of ether oxygens (including phenoxy) is 2. The molecule has 1 aliphatic heterocycles. The van der Waals surface area contributed by atoms with Gasteiger partial charge >= 0.3 is 12.1 Å². The predicted molar refractivity (Wildman–Crippen MR) is 97.7 cm³/mol. The normalized spacial score (nSPS) is 19.7. The first-order valence-electron chi connectivity index (χ1n) is 8.87. The average Bonchev–Trinajstić information content (AvgIpc) is 2.69. The molecule has 0 spiro atoms. The summed E-state index contributed by atoms with van der Waals surface area (Å²) in [5, 5.41) is 0. The maximum atomic E-state index is 12.4. The van der Waals surface area contributed by atoms with Gasteiger partial charge in [-0.25, -0.2) is 9.59 Å². The minimum atomic E-state index is -0.373. The molecular formula is C21H23NO4. The van der Waals surface area contributed by atoms with E-state index in [-0.39, 0.29) is 30.8 Å². The molecule has 0 aliphatic carbocycles. The highest BCUT2D eigenvalue weighted by Gasteiger charge is 2.32. The molecule has 1 heterocycles. The van der Waals surface area contributed by atoms with Crippen LogP contribution in [0.1, 0.15) is 35.7 Å². The Morgan fingerprint density at radius 1 is 1.00 bits per heavy atom. The van der Waals surface area contributed by atoms with Crippen LogP contribution < -0.4 is 0 Å². The zero-order valence-corrected chi connectivity index (χ0v) is 14.8. The predicted octanol–water partition coefficient (Wildman–Crippen LogP) is 4.03. The molecule has 0 aromatic heterocycles. The zero-order chi connectivity index (χ0) is 18.4. The molecule has 1 aliphatic rings. The van der Waals surface area contributed by atoms with Crippen LogP contribution in [0, 0.1) is 0 Å². The SMILES string of the molecule is C[C@H]1CC[C@H](OC(=O)c2ccccc2)CN1C(=O)OCc1ccccc1. The Kier molecular flexibility index (Phi) is 5.89. The second kappa shape index (κ2) is 8.52. The van der Waals surface area contributed by atoms with Gasteiger partial charge in [-0.15, -0.1) is 0 Å². The molecule has 136 valence electrons. The first-order chi connectivity index (χ1) is 12.6. The third-order valence-corrected chi connectivity index (χ3v) is 4.56. The Morgan fingerprint density at radius 3 is 2.35 bits per heavy atom. The Balaban J connectivity index is 1.55. The van der Waals surface area contributed by atoms with E-state index in [0.717, 1.165) is 18.4 Å². The lowest BCUT2D eigenvalue weighted by Crippen LogP contribution is -2.48. The van der Waals surface area contributed by atoms with Gasteiger partial charge in [0.1, 0.15) is 12.7 Å².